The number of para-hydroxylation sites is 1. The lowest BCUT2D eigenvalue weighted by molar-refractivity contribution is 0.660. The molecule has 2 nitrogen and oxygen atoms in total. The zero-order valence-electron chi connectivity index (χ0n) is 36.7. The molecule has 1 aliphatic rings. The van der Waals surface area contributed by atoms with Gasteiger partial charge in [-0.05, 0) is 111 Å². The van der Waals surface area contributed by atoms with E-state index in [0.29, 0.717) is 0 Å². The van der Waals surface area contributed by atoms with Gasteiger partial charge in [0.05, 0.1) is 27.2 Å². The molecular weight excluding hydrogens is 769 g/mol. The molecular formula is C57H54N2Si2. The minimum absolute atomic E-state index is 0.207. The fraction of sp³-hybridized carbons (Fsp3) is 0.158. The Kier molecular flexibility index (Phi) is 9.24. The van der Waals surface area contributed by atoms with Gasteiger partial charge in [-0.3, -0.25) is 0 Å². The van der Waals surface area contributed by atoms with E-state index in [4.69, 9.17) is 0 Å². The van der Waals surface area contributed by atoms with E-state index < -0.39 is 16.1 Å². The van der Waals surface area contributed by atoms with Crippen molar-refractivity contribution < 1.29 is 0 Å². The molecule has 0 spiro atoms. The molecule has 0 bridgehead atoms. The Hall–Kier alpha value is -6.21. The summed E-state index contributed by atoms with van der Waals surface area (Å²) in [5.41, 5.74) is 17.3. The molecule has 0 unspecified atom stereocenters. The fourth-order valence-electron chi connectivity index (χ4n) is 9.56. The highest BCUT2D eigenvalue weighted by Crippen LogP contribution is 2.51. The Morgan fingerprint density at radius 2 is 0.869 bits per heavy atom. The Bertz CT molecular complexity index is 3040. The third-order valence-electron chi connectivity index (χ3n) is 13.1. The fourth-order valence-corrected chi connectivity index (χ4v) is 11.9. The number of nitrogens with zero attached hydrogens (tertiary/aromatic N) is 2. The third kappa shape index (κ3) is 6.79. The summed E-state index contributed by atoms with van der Waals surface area (Å²) in [7, 11) is -3.04. The summed E-state index contributed by atoms with van der Waals surface area (Å²) in [6.45, 7) is 19.5. The van der Waals surface area contributed by atoms with E-state index in [9.17, 15) is 0 Å². The molecule has 0 atom stereocenters. The minimum atomic E-state index is -1.52. The maximum Gasteiger partial charge on any atom is 0.0776 e. The second-order valence-corrected chi connectivity index (χ2v) is 29.7. The first kappa shape index (κ1) is 39.0. The van der Waals surface area contributed by atoms with Crippen LogP contribution in [0.15, 0.2) is 182 Å². The first-order chi connectivity index (χ1) is 29.3. The average Bonchev–Trinajstić information content (AvgIpc) is 3.71. The molecule has 1 aliphatic carbocycles. The van der Waals surface area contributed by atoms with Gasteiger partial charge < -0.3 is 9.47 Å². The number of benzene rings is 8. The zero-order chi connectivity index (χ0) is 42.3. The van der Waals surface area contributed by atoms with Crippen LogP contribution in [0.3, 0.4) is 0 Å². The first-order valence-electron chi connectivity index (χ1n) is 21.8. The normalized spacial score (nSPS) is 13.4. The number of rotatable bonds is 8. The van der Waals surface area contributed by atoms with Gasteiger partial charge in [-0.1, -0.05) is 179 Å². The SMILES string of the molecule is CC1(C)c2cc(N(c3ccccc3)c3ccc(-c4cccc(-c5ccccc5)c4)cc3)ccc2-c2ccc(-n3c4ccc([Si](C)(C)C)cc4c4cc([Si](C)(C)C)ccc43)cc21. The van der Waals surface area contributed by atoms with Crippen molar-refractivity contribution in [3.8, 4) is 39.1 Å². The van der Waals surface area contributed by atoms with E-state index in [1.165, 1.54) is 82.4 Å². The second-order valence-electron chi connectivity index (χ2n) is 19.5. The molecule has 61 heavy (non-hydrogen) atoms. The standard InChI is InChI=1S/C57H54N2Si2/c1-57(2)53-35-45(58(43-20-13-10-14-21-43)44-24-22-40(23-25-44)42-19-15-18-41(34-42)39-16-11-9-12-17-39)26-30-49(53)50-31-27-46(36-54(50)57)59-55-32-28-47(60(3,4)5)37-51(55)52-38-48(61(6,7)8)29-33-56(52)59/h9-38H,1-8H3. The predicted molar refractivity (Wildman–Crippen MR) is 270 cm³/mol. The number of fused-ring (bicyclic) bond motifs is 6. The summed E-state index contributed by atoms with van der Waals surface area (Å²) in [6.07, 6.45) is 0. The lowest BCUT2D eigenvalue weighted by Gasteiger charge is -2.28. The summed E-state index contributed by atoms with van der Waals surface area (Å²) in [6, 6.07) is 68.2. The van der Waals surface area contributed by atoms with Gasteiger partial charge in [0.25, 0.3) is 0 Å². The maximum absolute atomic E-state index is 2.52. The van der Waals surface area contributed by atoms with Gasteiger partial charge in [0.2, 0.25) is 0 Å². The van der Waals surface area contributed by atoms with Crippen LogP contribution >= 0.6 is 0 Å². The van der Waals surface area contributed by atoms with Crippen molar-refractivity contribution in [3.05, 3.63) is 193 Å². The zero-order valence-corrected chi connectivity index (χ0v) is 38.7. The molecule has 9 aromatic rings. The Morgan fingerprint density at radius 1 is 0.393 bits per heavy atom. The molecule has 300 valence electrons. The van der Waals surface area contributed by atoms with Crippen LogP contribution in [0.2, 0.25) is 39.3 Å². The van der Waals surface area contributed by atoms with Crippen molar-refractivity contribution in [1.29, 1.82) is 0 Å². The van der Waals surface area contributed by atoms with Crippen molar-refractivity contribution in [2.75, 3.05) is 4.90 Å². The smallest absolute Gasteiger partial charge is 0.0776 e. The summed E-state index contributed by atoms with van der Waals surface area (Å²) in [4.78, 5) is 2.40. The quantitative estimate of drug-likeness (QED) is 0.139. The molecule has 8 aromatic carbocycles. The summed E-state index contributed by atoms with van der Waals surface area (Å²) < 4.78 is 2.52. The topological polar surface area (TPSA) is 8.17 Å². The number of hydrogen-bond acceptors (Lipinski definition) is 1. The molecule has 0 saturated carbocycles. The largest absolute Gasteiger partial charge is 0.310 e. The Balaban J connectivity index is 1.04. The van der Waals surface area contributed by atoms with E-state index in [1.54, 1.807) is 0 Å². The van der Waals surface area contributed by atoms with Crippen molar-refractivity contribution in [3.63, 3.8) is 0 Å². The molecule has 0 N–H and O–H groups in total. The predicted octanol–water partition coefficient (Wildman–Crippen LogP) is 15.0. The van der Waals surface area contributed by atoms with Gasteiger partial charge >= 0.3 is 0 Å². The van der Waals surface area contributed by atoms with Crippen LogP contribution in [0, 0.1) is 0 Å². The van der Waals surface area contributed by atoms with Crippen molar-refractivity contribution in [2.45, 2.75) is 58.5 Å². The molecule has 0 saturated heterocycles. The lowest BCUT2D eigenvalue weighted by Crippen LogP contribution is -2.37. The summed E-state index contributed by atoms with van der Waals surface area (Å²) >= 11 is 0. The second kappa shape index (κ2) is 14.5. The average molecular weight is 823 g/mol. The van der Waals surface area contributed by atoms with Gasteiger partial charge in [0, 0.05) is 38.9 Å². The first-order valence-corrected chi connectivity index (χ1v) is 28.8. The van der Waals surface area contributed by atoms with Crippen LogP contribution in [-0.4, -0.2) is 20.7 Å². The van der Waals surface area contributed by atoms with Crippen LogP contribution in [0.4, 0.5) is 17.1 Å². The van der Waals surface area contributed by atoms with Crippen LogP contribution in [-0.2, 0) is 5.41 Å². The highest BCUT2D eigenvalue weighted by atomic mass is 28.3. The van der Waals surface area contributed by atoms with E-state index in [0.717, 1.165) is 17.1 Å². The van der Waals surface area contributed by atoms with Gasteiger partial charge in [-0.15, -0.1) is 0 Å². The van der Waals surface area contributed by atoms with Gasteiger partial charge in [-0.2, -0.15) is 0 Å². The Morgan fingerprint density at radius 3 is 1.44 bits per heavy atom. The maximum atomic E-state index is 2.52. The van der Waals surface area contributed by atoms with Gasteiger partial charge in [-0.25, -0.2) is 0 Å². The number of hydrogen-bond donors (Lipinski definition) is 0. The third-order valence-corrected chi connectivity index (χ3v) is 17.2. The molecule has 0 aliphatic heterocycles. The lowest BCUT2D eigenvalue weighted by atomic mass is 9.82. The number of anilines is 3. The monoisotopic (exact) mass is 822 g/mol. The Labute approximate surface area is 363 Å². The van der Waals surface area contributed by atoms with Crippen LogP contribution in [0.25, 0.3) is 60.9 Å². The van der Waals surface area contributed by atoms with Crippen LogP contribution < -0.4 is 15.3 Å². The van der Waals surface area contributed by atoms with E-state index >= 15 is 0 Å². The van der Waals surface area contributed by atoms with Crippen molar-refractivity contribution >= 4 is 65.4 Å². The van der Waals surface area contributed by atoms with Crippen molar-refractivity contribution in [1.82, 2.24) is 4.57 Å². The highest BCUT2D eigenvalue weighted by molar-refractivity contribution is 6.89. The molecule has 1 aromatic heterocycles. The summed E-state index contributed by atoms with van der Waals surface area (Å²) in [5, 5.41) is 5.76. The number of aromatic nitrogens is 1. The van der Waals surface area contributed by atoms with Gasteiger partial charge in [0.15, 0.2) is 0 Å². The van der Waals surface area contributed by atoms with Gasteiger partial charge in [0.1, 0.15) is 0 Å². The molecule has 4 heteroatoms. The van der Waals surface area contributed by atoms with E-state index in [2.05, 4.69) is 245 Å². The molecule has 0 radical (unpaired) electrons. The van der Waals surface area contributed by atoms with Crippen molar-refractivity contribution in [2.24, 2.45) is 0 Å². The molecule has 10 rings (SSSR count). The minimum Gasteiger partial charge on any atom is -0.310 e. The van der Waals surface area contributed by atoms with E-state index in [-0.39, 0.29) is 5.41 Å². The highest BCUT2D eigenvalue weighted by Gasteiger charge is 2.37. The molecule has 0 amide bonds. The molecule has 1 heterocycles. The van der Waals surface area contributed by atoms with E-state index in [1.807, 2.05) is 0 Å². The molecule has 0 fully saturated rings. The van der Waals surface area contributed by atoms with Crippen LogP contribution in [0.1, 0.15) is 25.0 Å². The summed E-state index contributed by atoms with van der Waals surface area (Å²) in [5.74, 6) is 0. The van der Waals surface area contributed by atoms with Crippen LogP contribution in [0.5, 0.6) is 0 Å².